The van der Waals surface area contributed by atoms with Crippen molar-refractivity contribution in [3.05, 3.63) is 21.9 Å². The molecule has 1 aromatic heterocycles. The maximum atomic E-state index is 11.6. The molecule has 0 aliphatic heterocycles. The van der Waals surface area contributed by atoms with E-state index >= 15 is 0 Å². The lowest BCUT2D eigenvalue weighted by Gasteiger charge is -2.23. The van der Waals surface area contributed by atoms with Gasteiger partial charge in [0.1, 0.15) is 5.60 Å². The summed E-state index contributed by atoms with van der Waals surface area (Å²) in [5, 5.41) is 8.37. The standard InChI is InChI=1S/C15H26N2O2S/c1-10-7-8-20-13(10)12(3)16-9-11(2)17-14(18)19-15(4,5)6/h7-8,11-12,16H,9H2,1-6H3,(H,17,18). The van der Waals surface area contributed by atoms with Crippen LogP contribution in [0.25, 0.3) is 0 Å². The number of hydrogen-bond acceptors (Lipinski definition) is 4. The predicted molar refractivity (Wildman–Crippen MR) is 84.3 cm³/mol. The Morgan fingerprint density at radius 1 is 1.40 bits per heavy atom. The Kier molecular flexibility index (Phi) is 6.02. The van der Waals surface area contributed by atoms with Crippen LogP contribution in [0.2, 0.25) is 0 Å². The summed E-state index contributed by atoms with van der Waals surface area (Å²) < 4.78 is 5.23. The second kappa shape index (κ2) is 7.09. The van der Waals surface area contributed by atoms with E-state index in [-0.39, 0.29) is 18.2 Å². The van der Waals surface area contributed by atoms with Gasteiger partial charge in [0, 0.05) is 23.5 Å². The molecule has 0 aromatic carbocycles. The van der Waals surface area contributed by atoms with Gasteiger partial charge < -0.3 is 15.4 Å². The summed E-state index contributed by atoms with van der Waals surface area (Å²) in [5.74, 6) is 0. The molecule has 0 aliphatic rings. The minimum Gasteiger partial charge on any atom is -0.444 e. The third-order valence-electron chi connectivity index (χ3n) is 2.79. The minimum absolute atomic E-state index is 0.0209. The predicted octanol–water partition coefficient (Wildman–Crippen LogP) is 3.62. The van der Waals surface area contributed by atoms with Crippen molar-refractivity contribution >= 4 is 17.4 Å². The molecule has 0 bridgehead atoms. The van der Waals surface area contributed by atoms with Gasteiger partial charge in [0.05, 0.1) is 0 Å². The molecule has 2 N–H and O–H groups in total. The molecule has 1 amide bonds. The smallest absolute Gasteiger partial charge is 0.407 e. The quantitative estimate of drug-likeness (QED) is 0.873. The molecule has 0 saturated heterocycles. The van der Waals surface area contributed by atoms with E-state index in [1.54, 1.807) is 11.3 Å². The van der Waals surface area contributed by atoms with Crippen molar-refractivity contribution in [1.29, 1.82) is 0 Å². The van der Waals surface area contributed by atoms with Gasteiger partial charge in [0.2, 0.25) is 0 Å². The summed E-state index contributed by atoms with van der Waals surface area (Å²) in [4.78, 5) is 13.0. The van der Waals surface area contributed by atoms with E-state index in [4.69, 9.17) is 4.74 Å². The van der Waals surface area contributed by atoms with Gasteiger partial charge in [-0.05, 0) is 58.6 Å². The first-order valence-corrected chi connectivity index (χ1v) is 7.84. The van der Waals surface area contributed by atoms with Gasteiger partial charge in [-0.1, -0.05) is 0 Å². The van der Waals surface area contributed by atoms with Crippen LogP contribution in [0.5, 0.6) is 0 Å². The SMILES string of the molecule is Cc1ccsc1C(C)NCC(C)NC(=O)OC(C)(C)C. The molecule has 20 heavy (non-hydrogen) atoms. The van der Waals surface area contributed by atoms with E-state index in [1.165, 1.54) is 10.4 Å². The van der Waals surface area contributed by atoms with Crippen LogP contribution in [0.3, 0.4) is 0 Å². The first kappa shape index (κ1) is 17.0. The second-order valence-electron chi connectivity index (χ2n) is 6.15. The second-order valence-corrected chi connectivity index (χ2v) is 7.09. The van der Waals surface area contributed by atoms with E-state index in [9.17, 15) is 4.79 Å². The fourth-order valence-electron chi connectivity index (χ4n) is 1.83. The molecular formula is C15H26N2O2S. The lowest BCUT2D eigenvalue weighted by Crippen LogP contribution is -2.43. The molecule has 0 spiro atoms. The van der Waals surface area contributed by atoms with Gasteiger partial charge >= 0.3 is 6.09 Å². The highest BCUT2D eigenvalue weighted by Crippen LogP contribution is 2.23. The molecule has 1 rings (SSSR count). The number of rotatable bonds is 5. The molecule has 0 saturated carbocycles. The van der Waals surface area contributed by atoms with Crippen molar-refractivity contribution < 1.29 is 9.53 Å². The zero-order valence-electron chi connectivity index (χ0n) is 13.2. The normalized spacial score (nSPS) is 14.7. The molecule has 0 aliphatic carbocycles. The fourth-order valence-corrected chi connectivity index (χ4v) is 2.79. The van der Waals surface area contributed by atoms with Crippen LogP contribution in [0.4, 0.5) is 4.79 Å². The number of amides is 1. The molecule has 1 aromatic rings. The monoisotopic (exact) mass is 298 g/mol. The molecule has 4 nitrogen and oxygen atoms in total. The van der Waals surface area contributed by atoms with E-state index in [2.05, 4.69) is 35.9 Å². The van der Waals surface area contributed by atoms with Gasteiger partial charge in [-0.3, -0.25) is 0 Å². The Labute approximate surface area is 125 Å². The molecule has 114 valence electrons. The van der Waals surface area contributed by atoms with E-state index in [0.717, 1.165) is 0 Å². The van der Waals surface area contributed by atoms with Crippen LogP contribution >= 0.6 is 11.3 Å². The summed E-state index contributed by atoms with van der Waals surface area (Å²) in [6, 6.07) is 2.44. The van der Waals surface area contributed by atoms with E-state index in [1.807, 2.05) is 27.7 Å². The van der Waals surface area contributed by atoms with Gasteiger partial charge in [-0.25, -0.2) is 4.79 Å². The van der Waals surface area contributed by atoms with Crippen molar-refractivity contribution in [2.75, 3.05) is 6.54 Å². The lowest BCUT2D eigenvalue weighted by atomic mass is 10.2. The van der Waals surface area contributed by atoms with E-state index in [0.29, 0.717) is 6.54 Å². The third-order valence-corrected chi connectivity index (χ3v) is 3.99. The minimum atomic E-state index is -0.460. The molecule has 0 radical (unpaired) electrons. The Hall–Kier alpha value is -1.07. The summed E-state index contributed by atoms with van der Waals surface area (Å²) in [7, 11) is 0. The van der Waals surface area contributed by atoms with Gasteiger partial charge in [0.15, 0.2) is 0 Å². The average Bonchev–Trinajstić information content (AvgIpc) is 2.69. The number of alkyl carbamates (subject to hydrolysis) is 1. The molecule has 5 heteroatoms. The number of ether oxygens (including phenoxy) is 1. The Bertz CT molecular complexity index is 437. The zero-order chi connectivity index (χ0) is 15.3. The van der Waals surface area contributed by atoms with Gasteiger partial charge in [0.25, 0.3) is 0 Å². The molecule has 0 fully saturated rings. The maximum absolute atomic E-state index is 11.6. The van der Waals surface area contributed by atoms with Crippen molar-refractivity contribution in [2.24, 2.45) is 0 Å². The highest BCUT2D eigenvalue weighted by molar-refractivity contribution is 7.10. The molecule has 2 unspecified atom stereocenters. The Morgan fingerprint density at radius 2 is 2.05 bits per heavy atom. The number of hydrogen-bond donors (Lipinski definition) is 2. The molecule has 1 heterocycles. The van der Waals surface area contributed by atoms with Crippen LogP contribution in [0.15, 0.2) is 11.4 Å². The average molecular weight is 298 g/mol. The summed E-state index contributed by atoms with van der Waals surface area (Å²) in [5.41, 5.74) is 0.848. The molecular weight excluding hydrogens is 272 g/mol. The topological polar surface area (TPSA) is 50.4 Å². The summed E-state index contributed by atoms with van der Waals surface area (Å²) in [6.07, 6.45) is -0.369. The van der Waals surface area contributed by atoms with Crippen LogP contribution in [-0.2, 0) is 4.74 Å². The molecule has 2 atom stereocenters. The summed E-state index contributed by atoms with van der Waals surface area (Å²) >= 11 is 1.76. The van der Waals surface area contributed by atoms with Crippen molar-refractivity contribution in [1.82, 2.24) is 10.6 Å². The third kappa shape index (κ3) is 5.92. The van der Waals surface area contributed by atoms with Crippen LogP contribution in [0.1, 0.15) is 51.1 Å². The number of thiophene rings is 1. The maximum Gasteiger partial charge on any atom is 0.407 e. The number of nitrogens with one attached hydrogen (secondary N) is 2. The van der Waals surface area contributed by atoms with Gasteiger partial charge in [-0.2, -0.15) is 0 Å². The number of carbonyl (C=O) groups is 1. The van der Waals surface area contributed by atoms with Crippen LogP contribution < -0.4 is 10.6 Å². The Balaban J connectivity index is 2.35. The first-order valence-electron chi connectivity index (χ1n) is 6.96. The van der Waals surface area contributed by atoms with Crippen molar-refractivity contribution in [3.8, 4) is 0 Å². The number of carbonyl (C=O) groups excluding carboxylic acids is 1. The highest BCUT2D eigenvalue weighted by atomic mass is 32.1. The van der Waals surface area contributed by atoms with E-state index < -0.39 is 5.60 Å². The van der Waals surface area contributed by atoms with Crippen LogP contribution in [0, 0.1) is 6.92 Å². The van der Waals surface area contributed by atoms with Gasteiger partial charge in [-0.15, -0.1) is 11.3 Å². The number of aryl methyl sites for hydroxylation is 1. The van der Waals surface area contributed by atoms with Crippen LogP contribution in [-0.4, -0.2) is 24.3 Å². The fraction of sp³-hybridized carbons (Fsp3) is 0.667. The Morgan fingerprint density at radius 3 is 2.55 bits per heavy atom. The highest BCUT2D eigenvalue weighted by Gasteiger charge is 2.18. The lowest BCUT2D eigenvalue weighted by molar-refractivity contribution is 0.0507. The van der Waals surface area contributed by atoms with Crippen molar-refractivity contribution in [2.45, 2.75) is 59.2 Å². The van der Waals surface area contributed by atoms with Crippen molar-refractivity contribution in [3.63, 3.8) is 0 Å². The largest absolute Gasteiger partial charge is 0.444 e. The summed E-state index contributed by atoms with van der Waals surface area (Å²) in [6.45, 7) is 12.5. The first-order chi connectivity index (χ1) is 9.19. The zero-order valence-corrected chi connectivity index (χ0v) is 14.1.